The normalized spacial score (nSPS) is 23.5. The highest BCUT2D eigenvalue weighted by Gasteiger charge is 2.56. The van der Waals surface area contributed by atoms with Crippen molar-refractivity contribution in [3.8, 4) is 5.75 Å². The number of carbonyl (C=O) groups is 2. The van der Waals surface area contributed by atoms with Crippen LogP contribution in [0, 0.1) is 0 Å². The number of benzene rings is 2. The molecule has 3 N–H and O–H groups in total. The van der Waals surface area contributed by atoms with Crippen LogP contribution in [-0.2, 0) is 23.4 Å². The highest BCUT2D eigenvalue weighted by Crippen LogP contribution is 2.47. The van der Waals surface area contributed by atoms with E-state index in [2.05, 4.69) is 15.4 Å². The van der Waals surface area contributed by atoms with Crippen molar-refractivity contribution < 1.29 is 42.2 Å². The fourth-order valence-electron chi connectivity index (χ4n) is 4.30. The molecule has 44 heavy (non-hydrogen) atoms. The second-order valence-electron chi connectivity index (χ2n) is 10.5. The number of aliphatic hydroxyl groups excluding tert-OH is 1. The van der Waals surface area contributed by atoms with Gasteiger partial charge in [0.25, 0.3) is 5.91 Å². The van der Waals surface area contributed by atoms with Crippen LogP contribution < -0.4 is 20.6 Å². The van der Waals surface area contributed by atoms with Gasteiger partial charge < -0.3 is 24.4 Å². The molecular weight excluding hydrogens is 598 g/mol. The average molecular weight is 633 g/mol. The number of nitrogens with zero attached hydrogens (tertiary/aromatic N) is 2. The zero-order chi connectivity index (χ0) is 32.1. The first-order valence-corrected chi connectivity index (χ1v) is 15.3. The second kappa shape index (κ2) is 13.8. The van der Waals surface area contributed by atoms with Crippen LogP contribution in [0.15, 0.2) is 77.7 Å². The molecule has 1 aliphatic rings. The van der Waals surface area contributed by atoms with E-state index < -0.39 is 68.2 Å². The molecule has 1 saturated heterocycles. The molecule has 4 rings (SSSR count). The maximum Gasteiger partial charge on any atom is 0.459 e. The predicted octanol–water partition coefficient (Wildman–Crippen LogP) is 3.62. The Bertz CT molecular complexity index is 1560. The van der Waals surface area contributed by atoms with E-state index in [-0.39, 0.29) is 11.6 Å². The van der Waals surface area contributed by atoms with Crippen molar-refractivity contribution in [1.82, 2.24) is 14.6 Å². The van der Waals surface area contributed by atoms with Crippen LogP contribution in [0.5, 0.6) is 5.75 Å². The highest BCUT2D eigenvalue weighted by atomic mass is 31.2. The summed E-state index contributed by atoms with van der Waals surface area (Å²) in [5.74, 6) is -1.15. The molecule has 0 unspecified atom stereocenters. The maximum absolute atomic E-state index is 15.9. The van der Waals surface area contributed by atoms with Crippen molar-refractivity contribution in [3.05, 3.63) is 89.0 Å². The molecule has 0 saturated carbocycles. The molecular formula is C29H34FN4O9P. The Labute approximate surface area is 252 Å². The minimum Gasteiger partial charge on any atom is -0.462 e. The van der Waals surface area contributed by atoms with E-state index in [0.29, 0.717) is 5.56 Å². The molecule has 236 valence electrons. The number of para-hydroxylation sites is 1. The largest absolute Gasteiger partial charge is 0.462 e. The lowest BCUT2D eigenvalue weighted by molar-refractivity contribution is -0.149. The predicted molar refractivity (Wildman–Crippen MR) is 157 cm³/mol. The van der Waals surface area contributed by atoms with Crippen LogP contribution >= 0.6 is 7.75 Å². The second-order valence-corrected chi connectivity index (χ2v) is 12.2. The summed E-state index contributed by atoms with van der Waals surface area (Å²) in [5.41, 5.74) is -3.15. The summed E-state index contributed by atoms with van der Waals surface area (Å²) in [6.45, 7) is 5.07. The van der Waals surface area contributed by atoms with Crippen molar-refractivity contribution in [3.63, 3.8) is 0 Å². The molecule has 2 heterocycles. The van der Waals surface area contributed by atoms with Gasteiger partial charge >= 0.3 is 19.4 Å². The topological polar surface area (TPSA) is 167 Å². The Hall–Kier alpha value is -3.94. The standard InChI is InChI=1S/C29H34FN4O9P/c1-18(2)41-26(37)19(3)33-44(39,43-21-13-9-6-10-14-21)40-17-22-24(35)29(4,30)27(42-22)34-16-15-23(32-28(34)38)31-25(36)20-11-7-5-8-12-20/h5-16,18-19,22,24,27,35H,17H2,1-4H3,(H,33,39)(H,31,32,36,38)/t19-,22+,24+,27+,29+,44-/m0/s1. The molecule has 1 amide bonds. The smallest absolute Gasteiger partial charge is 0.459 e. The molecule has 0 radical (unpaired) electrons. The van der Waals surface area contributed by atoms with E-state index in [9.17, 15) is 24.1 Å². The van der Waals surface area contributed by atoms with Crippen molar-refractivity contribution in [2.75, 3.05) is 11.9 Å². The highest BCUT2D eigenvalue weighted by molar-refractivity contribution is 7.52. The number of aromatic nitrogens is 2. The third kappa shape index (κ3) is 7.96. The van der Waals surface area contributed by atoms with E-state index in [1.807, 2.05) is 0 Å². The monoisotopic (exact) mass is 632 g/mol. The molecule has 1 fully saturated rings. The minimum absolute atomic E-state index is 0.0747. The number of hydrogen-bond donors (Lipinski definition) is 3. The summed E-state index contributed by atoms with van der Waals surface area (Å²) >= 11 is 0. The molecule has 0 aliphatic carbocycles. The van der Waals surface area contributed by atoms with Gasteiger partial charge in [0.05, 0.1) is 12.7 Å². The summed E-state index contributed by atoms with van der Waals surface area (Å²) in [4.78, 5) is 41.4. The molecule has 1 aliphatic heterocycles. The lowest BCUT2D eigenvalue weighted by atomic mass is 9.98. The zero-order valence-electron chi connectivity index (χ0n) is 24.5. The van der Waals surface area contributed by atoms with Gasteiger partial charge in [-0.25, -0.2) is 13.8 Å². The summed E-state index contributed by atoms with van der Waals surface area (Å²) in [6.07, 6.45) is -4.19. The number of carbonyl (C=O) groups excluding carboxylic acids is 2. The van der Waals surface area contributed by atoms with E-state index >= 15 is 4.39 Å². The van der Waals surface area contributed by atoms with Crippen molar-refractivity contribution >= 4 is 25.4 Å². The third-order valence-corrected chi connectivity index (χ3v) is 8.16. The molecule has 13 nitrogen and oxygen atoms in total. The van der Waals surface area contributed by atoms with Gasteiger partial charge in [-0.15, -0.1) is 0 Å². The molecule has 15 heteroatoms. The molecule has 1 aromatic heterocycles. The number of ether oxygens (including phenoxy) is 2. The molecule has 3 aromatic rings. The van der Waals surface area contributed by atoms with Crippen LogP contribution in [0.4, 0.5) is 10.2 Å². The summed E-state index contributed by atoms with van der Waals surface area (Å²) in [5, 5.41) is 15.8. The number of esters is 1. The van der Waals surface area contributed by atoms with Crippen LogP contribution in [0.25, 0.3) is 0 Å². The van der Waals surface area contributed by atoms with E-state index in [0.717, 1.165) is 11.5 Å². The number of nitrogens with one attached hydrogen (secondary N) is 2. The number of halogens is 1. The van der Waals surface area contributed by atoms with Crippen LogP contribution in [0.1, 0.15) is 44.3 Å². The third-order valence-electron chi connectivity index (χ3n) is 6.51. The molecule has 2 aromatic carbocycles. The Morgan fingerprint density at radius 3 is 2.36 bits per heavy atom. The Morgan fingerprint density at radius 1 is 1.11 bits per heavy atom. The first-order valence-electron chi connectivity index (χ1n) is 13.7. The number of anilines is 1. The van der Waals surface area contributed by atoms with Gasteiger partial charge in [-0.3, -0.25) is 18.7 Å². The first-order chi connectivity index (χ1) is 20.8. The van der Waals surface area contributed by atoms with Gasteiger partial charge in [-0.05, 0) is 58.0 Å². The molecule has 6 atom stereocenters. The number of amides is 1. The SMILES string of the molecule is CC(C)OC(=O)[C@H](C)N[P@](=O)(OC[C@H]1O[C@@H](n2ccc(NC(=O)c3ccccc3)nc2=O)[C@](C)(F)[C@@H]1O)Oc1ccccc1. The Kier molecular flexibility index (Phi) is 10.3. The number of rotatable bonds is 12. The zero-order valence-corrected chi connectivity index (χ0v) is 25.3. The fourth-order valence-corrected chi connectivity index (χ4v) is 5.80. The molecule has 0 bridgehead atoms. The van der Waals surface area contributed by atoms with Gasteiger partial charge in [0.1, 0.15) is 29.8 Å². The van der Waals surface area contributed by atoms with Crippen molar-refractivity contribution in [1.29, 1.82) is 0 Å². The minimum atomic E-state index is -4.35. The molecule has 0 spiro atoms. The quantitative estimate of drug-likeness (QED) is 0.197. The fraction of sp³-hybridized carbons (Fsp3) is 0.379. The lowest BCUT2D eigenvalue weighted by Crippen LogP contribution is -2.43. The number of hydrogen-bond acceptors (Lipinski definition) is 10. The van der Waals surface area contributed by atoms with Gasteiger partial charge in [0.2, 0.25) is 0 Å². The van der Waals surface area contributed by atoms with Crippen LogP contribution in [0.2, 0.25) is 0 Å². The maximum atomic E-state index is 15.9. The number of aliphatic hydroxyl groups is 1. The first kappa shape index (κ1) is 33.0. The van der Waals surface area contributed by atoms with Crippen LogP contribution in [-0.4, -0.2) is 63.2 Å². The number of alkyl halides is 1. The van der Waals surface area contributed by atoms with Gasteiger partial charge in [-0.2, -0.15) is 10.1 Å². The van der Waals surface area contributed by atoms with Gasteiger partial charge in [0.15, 0.2) is 11.9 Å². The lowest BCUT2D eigenvalue weighted by Gasteiger charge is -2.25. The van der Waals surface area contributed by atoms with E-state index in [1.165, 1.54) is 31.3 Å². The Balaban J connectivity index is 1.49. The van der Waals surface area contributed by atoms with Crippen molar-refractivity contribution in [2.24, 2.45) is 0 Å². The van der Waals surface area contributed by atoms with Crippen LogP contribution in [0.3, 0.4) is 0 Å². The Morgan fingerprint density at radius 2 is 1.75 bits per heavy atom. The summed E-state index contributed by atoms with van der Waals surface area (Å²) in [7, 11) is -4.35. The summed E-state index contributed by atoms with van der Waals surface area (Å²) < 4.78 is 52.4. The van der Waals surface area contributed by atoms with E-state index in [1.54, 1.807) is 62.4 Å². The average Bonchev–Trinajstić information content (AvgIpc) is 3.20. The van der Waals surface area contributed by atoms with Gasteiger partial charge in [-0.1, -0.05) is 36.4 Å². The van der Waals surface area contributed by atoms with Crippen molar-refractivity contribution in [2.45, 2.75) is 63.9 Å². The van der Waals surface area contributed by atoms with Gasteiger partial charge in [0, 0.05) is 11.8 Å². The summed E-state index contributed by atoms with van der Waals surface area (Å²) in [6, 6.07) is 16.4. The van der Waals surface area contributed by atoms with E-state index in [4.69, 9.17) is 18.5 Å².